The molecule has 8 heteroatoms. The summed E-state index contributed by atoms with van der Waals surface area (Å²) in [6.07, 6.45) is -1.02. The van der Waals surface area contributed by atoms with Crippen LogP contribution >= 0.6 is 0 Å². The number of nitrogens with zero attached hydrogens (tertiary/aromatic N) is 1. The predicted molar refractivity (Wildman–Crippen MR) is 115 cm³/mol. The molecule has 2 N–H and O–H groups in total. The Hall–Kier alpha value is -3.42. The van der Waals surface area contributed by atoms with Gasteiger partial charge in [0.15, 0.2) is 6.10 Å². The van der Waals surface area contributed by atoms with Gasteiger partial charge in [0.1, 0.15) is 6.04 Å². The molecule has 4 amide bonds. The minimum Gasteiger partial charge on any atom is -0.451 e. The van der Waals surface area contributed by atoms with Gasteiger partial charge in [0, 0.05) is 13.1 Å². The molecule has 0 spiro atoms. The number of hydrogen-bond acceptors (Lipinski definition) is 5. The average Bonchev–Trinajstić information content (AvgIpc) is 3.17. The maximum absolute atomic E-state index is 12.7. The Labute approximate surface area is 180 Å². The lowest BCUT2D eigenvalue weighted by molar-refractivity contribution is -0.160. The molecule has 1 heterocycles. The number of ether oxygens (including phenoxy) is 1. The minimum absolute atomic E-state index is 0.111. The van der Waals surface area contributed by atoms with Crippen LogP contribution in [0.4, 0.5) is 4.79 Å². The average molecular weight is 425 g/mol. The van der Waals surface area contributed by atoms with Gasteiger partial charge in [0.25, 0.3) is 5.91 Å². The highest BCUT2D eigenvalue weighted by Gasteiger charge is 2.34. The maximum Gasteiger partial charge on any atom is 0.329 e. The Bertz CT molecular complexity index is 998. The van der Waals surface area contributed by atoms with Crippen LogP contribution in [0.25, 0.3) is 10.8 Å². The summed E-state index contributed by atoms with van der Waals surface area (Å²) in [7, 11) is 0. The van der Waals surface area contributed by atoms with Gasteiger partial charge in [0.05, 0.1) is 6.42 Å². The van der Waals surface area contributed by atoms with E-state index in [2.05, 4.69) is 10.6 Å². The van der Waals surface area contributed by atoms with E-state index >= 15 is 0 Å². The first-order chi connectivity index (χ1) is 14.8. The van der Waals surface area contributed by atoms with E-state index in [-0.39, 0.29) is 24.8 Å². The molecule has 0 aromatic heterocycles. The molecule has 8 nitrogen and oxygen atoms in total. The lowest BCUT2D eigenvalue weighted by atomic mass is 10.0. The normalized spacial score (nSPS) is 15.5. The molecule has 2 aromatic carbocycles. The fourth-order valence-electron chi connectivity index (χ4n) is 3.54. The first kappa shape index (κ1) is 22.3. The van der Waals surface area contributed by atoms with Crippen LogP contribution in [0.15, 0.2) is 42.5 Å². The van der Waals surface area contributed by atoms with Crippen LogP contribution in [-0.2, 0) is 25.5 Å². The van der Waals surface area contributed by atoms with Crippen molar-refractivity contribution in [3.8, 4) is 0 Å². The van der Waals surface area contributed by atoms with Crippen LogP contribution in [0.5, 0.6) is 0 Å². The third kappa shape index (κ3) is 5.20. The number of urea groups is 1. The fraction of sp³-hybridized carbons (Fsp3) is 0.391. The van der Waals surface area contributed by atoms with Crippen LogP contribution in [0.3, 0.4) is 0 Å². The lowest BCUT2D eigenvalue weighted by Crippen LogP contribution is -2.49. The van der Waals surface area contributed by atoms with Gasteiger partial charge in [0.2, 0.25) is 5.91 Å². The Morgan fingerprint density at radius 2 is 1.81 bits per heavy atom. The molecule has 0 unspecified atom stereocenters. The van der Waals surface area contributed by atoms with Gasteiger partial charge in [-0.1, -0.05) is 56.3 Å². The van der Waals surface area contributed by atoms with E-state index in [4.69, 9.17) is 4.74 Å². The van der Waals surface area contributed by atoms with Crippen molar-refractivity contribution in [2.75, 3.05) is 13.1 Å². The smallest absolute Gasteiger partial charge is 0.329 e. The van der Waals surface area contributed by atoms with Crippen molar-refractivity contribution >= 4 is 34.6 Å². The summed E-state index contributed by atoms with van der Waals surface area (Å²) in [6, 6.07) is 12.1. The zero-order valence-electron chi connectivity index (χ0n) is 17.9. The molecule has 0 saturated carbocycles. The molecule has 1 aliphatic heterocycles. The van der Waals surface area contributed by atoms with Crippen molar-refractivity contribution in [1.82, 2.24) is 15.5 Å². The number of carbonyl (C=O) groups excluding carboxylic acids is 4. The van der Waals surface area contributed by atoms with E-state index in [0.29, 0.717) is 6.54 Å². The standard InChI is InChI=1S/C23H27N3O5/c1-14(2)20(22(29)31-15(3)21(28)26-12-11-24-23(26)30)25-19(27)13-17-9-6-8-16-7-4-5-10-18(16)17/h4-10,14-15,20H,11-13H2,1-3H3,(H,24,30)(H,25,27)/t15-,20+/m1/s1. The molecule has 3 rings (SSSR count). The number of fused-ring (bicyclic) bond motifs is 1. The van der Waals surface area contributed by atoms with E-state index in [9.17, 15) is 19.2 Å². The quantitative estimate of drug-likeness (QED) is 0.661. The maximum atomic E-state index is 12.7. The van der Waals surface area contributed by atoms with Gasteiger partial charge in [-0.2, -0.15) is 0 Å². The molecule has 0 radical (unpaired) electrons. The number of benzene rings is 2. The molecule has 1 saturated heterocycles. The predicted octanol–water partition coefficient (Wildman–Crippen LogP) is 2.01. The molecule has 0 bridgehead atoms. The first-order valence-corrected chi connectivity index (χ1v) is 10.3. The van der Waals surface area contributed by atoms with E-state index < -0.39 is 30.1 Å². The van der Waals surface area contributed by atoms with Crippen molar-refractivity contribution in [3.63, 3.8) is 0 Å². The highest BCUT2D eigenvalue weighted by atomic mass is 16.5. The number of hydrogen-bond donors (Lipinski definition) is 2. The summed E-state index contributed by atoms with van der Waals surface area (Å²) in [4.78, 5) is 50.4. The highest BCUT2D eigenvalue weighted by Crippen LogP contribution is 2.19. The van der Waals surface area contributed by atoms with Gasteiger partial charge in [-0.25, -0.2) is 9.59 Å². The van der Waals surface area contributed by atoms with Crippen molar-refractivity contribution < 1.29 is 23.9 Å². The topological polar surface area (TPSA) is 105 Å². The van der Waals surface area contributed by atoms with E-state index in [1.54, 1.807) is 13.8 Å². The SMILES string of the molecule is CC(C)[C@H](NC(=O)Cc1cccc2ccccc12)C(=O)O[C@H](C)C(=O)N1CCNC1=O. The number of esters is 1. The van der Waals surface area contributed by atoms with Gasteiger partial charge < -0.3 is 15.4 Å². The van der Waals surface area contributed by atoms with Crippen LogP contribution in [0, 0.1) is 5.92 Å². The summed E-state index contributed by atoms with van der Waals surface area (Å²) in [5.41, 5.74) is 0.857. The van der Waals surface area contributed by atoms with Gasteiger partial charge in [-0.15, -0.1) is 0 Å². The zero-order valence-corrected chi connectivity index (χ0v) is 17.9. The van der Waals surface area contributed by atoms with Gasteiger partial charge >= 0.3 is 12.0 Å². The molecular weight excluding hydrogens is 398 g/mol. The fourth-order valence-corrected chi connectivity index (χ4v) is 3.54. The van der Waals surface area contributed by atoms with Crippen LogP contribution in [0.2, 0.25) is 0 Å². The second-order valence-electron chi connectivity index (χ2n) is 7.91. The molecule has 2 aromatic rings. The zero-order chi connectivity index (χ0) is 22.5. The third-order valence-corrected chi connectivity index (χ3v) is 5.23. The summed E-state index contributed by atoms with van der Waals surface area (Å²) in [5, 5.41) is 7.28. The lowest BCUT2D eigenvalue weighted by Gasteiger charge is -2.24. The second kappa shape index (κ2) is 9.59. The van der Waals surface area contributed by atoms with Gasteiger partial charge in [-0.05, 0) is 29.2 Å². The Balaban J connectivity index is 1.64. The Morgan fingerprint density at radius 3 is 2.48 bits per heavy atom. The monoisotopic (exact) mass is 425 g/mol. The number of imide groups is 1. The third-order valence-electron chi connectivity index (χ3n) is 5.23. The van der Waals surface area contributed by atoms with E-state index in [0.717, 1.165) is 21.2 Å². The largest absolute Gasteiger partial charge is 0.451 e. The molecule has 31 heavy (non-hydrogen) atoms. The van der Waals surface area contributed by atoms with Gasteiger partial charge in [-0.3, -0.25) is 14.5 Å². The molecule has 2 atom stereocenters. The van der Waals surface area contributed by atoms with Crippen LogP contribution in [-0.4, -0.2) is 54.0 Å². The van der Waals surface area contributed by atoms with E-state index in [1.807, 2.05) is 42.5 Å². The second-order valence-corrected chi connectivity index (χ2v) is 7.91. The highest BCUT2D eigenvalue weighted by molar-refractivity contribution is 5.99. The van der Waals surface area contributed by atoms with E-state index in [1.165, 1.54) is 6.92 Å². The number of nitrogens with one attached hydrogen (secondary N) is 2. The molecule has 0 aliphatic carbocycles. The van der Waals surface area contributed by atoms with Crippen LogP contribution in [0.1, 0.15) is 26.3 Å². The Kier molecular flexibility index (Phi) is 6.89. The summed E-state index contributed by atoms with van der Waals surface area (Å²) in [6.45, 7) is 5.58. The minimum atomic E-state index is -1.13. The molecule has 164 valence electrons. The van der Waals surface area contributed by atoms with Crippen molar-refractivity contribution in [2.45, 2.75) is 39.3 Å². The summed E-state index contributed by atoms with van der Waals surface area (Å²) < 4.78 is 5.29. The van der Waals surface area contributed by atoms with Crippen molar-refractivity contribution in [3.05, 3.63) is 48.0 Å². The molecule has 1 aliphatic rings. The number of carbonyl (C=O) groups is 4. The summed E-state index contributed by atoms with van der Waals surface area (Å²) >= 11 is 0. The number of amides is 4. The van der Waals surface area contributed by atoms with Crippen LogP contribution < -0.4 is 10.6 Å². The Morgan fingerprint density at radius 1 is 1.10 bits per heavy atom. The molecule has 1 fully saturated rings. The van der Waals surface area contributed by atoms with Crippen molar-refractivity contribution in [2.24, 2.45) is 5.92 Å². The van der Waals surface area contributed by atoms with Crippen molar-refractivity contribution in [1.29, 1.82) is 0 Å². The molecular formula is C23H27N3O5. The number of rotatable bonds is 7. The first-order valence-electron chi connectivity index (χ1n) is 10.3. The summed E-state index contributed by atoms with van der Waals surface area (Å²) in [5.74, 6) is -1.86.